The molecule has 1 aromatic carbocycles. The van der Waals surface area contributed by atoms with Crippen molar-refractivity contribution >= 4 is 17.5 Å². The van der Waals surface area contributed by atoms with Crippen LogP contribution in [-0.4, -0.2) is 8.75 Å². The van der Waals surface area contributed by atoms with Crippen LogP contribution < -0.4 is 5.73 Å². The minimum Gasteiger partial charge on any atom is -0.381 e. The number of halogens is 1. The predicted octanol–water partition coefficient (Wildman–Crippen LogP) is 1.80. The molecule has 0 aliphatic carbocycles. The van der Waals surface area contributed by atoms with Crippen LogP contribution in [0.2, 0.25) is 0 Å². The van der Waals surface area contributed by atoms with E-state index in [0.717, 1.165) is 17.8 Å². The monoisotopic (exact) mass is 220 g/mol. The second kappa shape index (κ2) is 3.63. The zero-order chi connectivity index (χ0) is 10.8. The molecule has 0 aliphatic rings. The summed E-state index contributed by atoms with van der Waals surface area (Å²) in [5, 5.41) is 8.67. The van der Waals surface area contributed by atoms with Crippen molar-refractivity contribution in [1.82, 2.24) is 8.75 Å². The van der Waals surface area contributed by atoms with Crippen LogP contribution in [0, 0.1) is 17.1 Å². The van der Waals surface area contributed by atoms with Crippen molar-refractivity contribution in [2.75, 3.05) is 5.73 Å². The van der Waals surface area contributed by atoms with Gasteiger partial charge in [0.15, 0.2) is 5.82 Å². The van der Waals surface area contributed by atoms with Gasteiger partial charge in [0.05, 0.1) is 23.4 Å². The molecule has 0 spiro atoms. The minimum absolute atomic E-state index is 0.234. The standard InChI is InChI=1S/C9H5FN4S/c10-7-2-5(4-11)1-6(3-7)8-9(12)14-15-13-8/h1-3H,(H2,12,14). The first kappa shape index (κ1) is 9.55. The van der Waals surface area contributed by atoms with Crippen LogP contribution in [0.15, 0.2) is 18.2 Å². The predicted molar refractivity (Wildman–Crippen MR) is 54.4 cm³/mol. The summed E-state index contributed by atoms with van der Waals surface area (Å²) >= 11 is 0.950. The topological polar surface area (TPSA) is 75.6 Å². The number of nitrogens with two attached hydrogens (primary N) is 1. The Morgan fingerprint density at radius 1 is 1.33 bits per heavy atom. The average Bonchev–Trinajstić information content (AvgIpc) is 2.63. The van der Waals surface area contributed by atoms with Gasteiger partial charge in [0, 0.05) is 5.56 Å². The molecule has 4 nitrogen and oxygen atoms in total. The number of anilines is 1. The van der Waals surface area contributed by atoms with Crippen molar-refractivity contribution < 1.29 is 4.39 Å². The largest absolute Gasteiger partial charge is 0.381 e. The van der Waals surface area contributed by atoms with E-state index in [1.165, 1.54) is 12.1 Å². The van der Waals surface area contributed by atoms with Gasteiger partial charge in [-0.2, -0.15) is 14.0 Å². The van der Waals surface area contributed by atoms with Gasteiger partial charge in [-0.15, -0.1) is 0 Å². The van der Waals surface area contributed by atoms with E-state index in [4.69, 9.17) is 11.0 Å². The summed E-state index contributed by atoms with van der Waals surface area (Å²) in [5.74, 6) is -0.245. The van der Waals surface area contributed by atoms with E-state index in [1.54, 1.807) is 0 Å². The van der Waals surface area contributed by atoms with Crippen LogP contribution in [-0.2, 0) is 0 Å². The van der Waals surface area contributed by atoms with Crippen LogP contribution in [0.4, 0.5) is 10.2 Å². The lowest BCUT2D eigenvalue weighted by Crippen LogP contribution is -1.90. The first-order valence-corrected chi connectivity index (χ1v) is 4.73. The summed E-state index contributed by atoms with van der Waals surface area (Å²) in [4.78, 5) is 0. The number of aromatic nitrogens is 2. The Hall–Kier alpha value is -2.00. The number of nitrogen functional groups attached to an aromatic ring is 1. The third-order valence-electron chi connectivity index (χ3n) is 1.81. The molecule has 0 aliphatic heterocycles. The number of benzene rings is 1. The van der Waals surface area contributed by atoms with Gasteiger partial charge in [0.25, 0.3) is 0 Å². The van der Waals surface area contributed by atoms with Gasteiger partial charge < -0.3 is 5.73 Å². The Labute approximate surface area is 89.1 Å². The maximum Gasteiger partial charge on any atom is 0.165 e. The molecule has 0 unspecified atom stereocenters. The molecule has 0 fully saturated rings. The number of hydrogen-bond acceptors (Lipinski definition) is 5. The lowest BCUT2D eigenvalue weighted by molar-refractivity contribution is 0.628. The SMILES string of the molecule is N#Cc1cc(F)cc(-c2nsnc2N)c1. The van der Waals surface area contributed by atoms with E-state index in [2.05, 4.69) is 8.75 Å². The highest BCUT2D eigenvalue weighted by Crippen LogP contribution is 2.25. The van der Waals surface area contributed by atoms with Crippen molar-refractivity contribution in [2.24, 2.45) is 0 Å². The van der Waals surface area contributed by atoms with E-state index < -0.39 is 5.82 Å². The molecule has 2 aromatic rings. The quantitative estimate of drug-likeness (QED) is 0.795. The normalized spacial score (nSPS) is 9.87. The highest BCUT2D eigenvalue weighted by atomic mass is 32.1. The molecule has 1 aromatic heterocycles. The van der Waals surface area contributed by atoms with Crippen LogP contribution in [0.25, 0.3) is 11.3 Å². The summed E-state index contributed by atoms with van der Waals surface area (Å²) < 4.78 is 20.8. The third kappa shape index (κ3) is 1.78. The Bertz CT molecular complexity index is 543. The van der Waals surface area contributed by atoms with Gasteiger partial charge in [0.2, 0.25) is 0 Å². The second-order valence-electron chi connectivity index (χ2n) is 2.84. The van der Waals surface area contributed by atoms with E-state index in [0.29, 0.717) is 11.3 Å². The Balaban J connectivity index is 2.59. The fraction of sp³-hybridized carbons (Fsp3) is 0. The highest BCUT2D eigenvalue weighted by Gasteiger charge is 2.09. The van der Waals surface area contributed by atoms with Crippen molar-refractivity contribution in [3.05, 3.63) is 29.6 Å². The molecule has 0 bridgehead atoms. The molecule has 0 radical (unpaired) electrons. The molecule has 74 valence electrons. The van der Waals surface area contributed by atoms with E-state index in [1.807, 2.05) is 6.07 Å². The first-order valence-electron chi connectivity index (χ1n) is 4.00. The number of rotatable bonds is 1. The molecule has 1 heterocycles. The Morgan fingerprint density at radius 2 is 2.13 bits per heavy atom. The van der Waals surface area contributed by atoms with Gasteiger partial charge in [-0.1, -0.05) is 0 Å². The zero-order valence-corrected chi connectivity index (χ0v) is 8.25. The molecule has 15 heavy (non-hydrogen) atoms. The van der Waals surface area contributed by atoms with Crippen LogP contribution in [0.5, 0.6) is 0 Å². The maximum atomic E-state index is 13.1. The summed E-state index contributed by atoms with van der Waals surface area (Å²) in [7, 11) is 0. The third-order valence-corrected chi connectivity index (χ3v) is 2.36. The van der Waals surface area contributed by atoms with Crippen molar-refractivity contribution in [3.8, 4) is 17.3 Å². The van der Waals surface area contributed by atoms with E-state index in [9.17, 15) is 4.39 Å². The molecule has 0 atom stereocenters. The fourth-order valence-electron chi connectivity index (χ4n) is 1.19. The number of nitrogens with zero attached hydrogens (tertiary/aromatic N) is 3. The van der Waals surface area contributed by atoms with Crippen LogP contribution in [0.3, 0.4) is 0 Å². The summed E-state index contributed by atoms with van der Waals surface area (Å²) in [6.07, 6.45) is 0. The van der Waals surface area contributed by atoms with Gasteiger partial charge in [-0.25, -0.2) is 4.39 Å². The van der Waals surface area contributed by atoms with Gasteiger partial charge >= 0.3 is 0 Å². The Kier molecular flexibility index (Phi) is 2.31. The molecular weight excluding hydrogens is 215 g/mol. The zero-order valence-electron chi connectivity index (χ0n) is 7.44. The molecule has 2 rings (SSSR count). The van der Waals surface area contributed by atoms with Crippen molar-refractivity contribution in [2.45, 2.75) is 0 Å². The summed E-state index contributed by atoms with van der Waals surface area (Å²) in [6.45, 7) is 0. The average molecular weight is 220 g/mol. The van der Waals surface area contributed by atoms with Gasteiger partial charge in [-0.05, 0) is 18.2 Å². The summed E-state index contributed by atoms with van der Waals surface area (Å²) in [6, 6.07) is 5.81. The van der Waals surface area contributed by atoms with E-state index in [-0.39, 0.29) is 11.4 Å². The lowest BCUT2D eigenvalue weighted by atomic mass is 10.1. The van der Waals surface area contributed by atoms with Crippen LogP contribution in [0.1, 0.15) is 5.56 Å². The first-order chi connectivity index (χ1) is 7.20. The van der Waals surface area contributed by atoms with Gasteiger partial charge in [0.1, 0.15) is 11.5 Å². The van der Waals surface area contributed by atoms with Crippen molar-refractivity contribution in [3.63, 3.8) is 0 Å². The van der Waals surface area contributed by atoms with Crippen LogP contribution >= 0.6 is 11.7 Å². The molecule has 2 N–H and O–H groups in total. The summed E-state index contributed by atoms with van der Waals surface area (Å²) in [5.41, 5.74) is 6.66. The van der Waals surface area contributed by atoms with Gasteiger partial charge in [-0.3, -0.25) is 0 Å². The lowest BCUT2D eigenvalue weighted by Gasteiger charge is -1.98. The maximum absolute atomic E-state index is 13.1. The van der Waals surface area contributed by atoms with E-state index >= 15 is 0 Å². The Morgan fingerprint density at radius 3 is 2.73 bits per heavy atom. The number of nitriles is 1. The molecule has 0 saturated heterocycles. The van der Waals surface area contributed by atoms with Crippen molar-refractivity contribution in [1.29, 1.82) is 5.26 Å². The molecule has 0 saturated carbocycles. The molecular formula is C9H5FN4S. The second-order valence-corrected chi connectivity index (χ2v) is 3.37. The fourth-order valence-corrected chi connectivity index (χ4v) is 1.68. The molecule has 6 heteroatoms. The highest BCUT2D eigenvalue weighted by molar-refractivity contribution is 6.99. The smallest absolute Gasteiger partial charge is 0.165 e. The molecule has 0 amide bonds. The number of hydrogen-bond donors (Lipinski definition) is 1. The minimum atomic E-state index is -0.489.